The van der Waals surface area contributed by atoms with Gasteiger partial charge in [0.15, 0.2) is 6.10 Å². The number of nitrogens with one attached hydrogen (secondary N) is 1. The molecule has 2 amide bonds. The zero-order chi connectivity index (χ0) is 32.1. The highest BCUT2D eigenvalue weighted by Gasteiger charge is 2.72. The fraction of sp³-hybridized carbons (Fsp3) is 0.517. The zero-order valence-electron chi connectivity index (χ0n) is 23.5. The second-order valence-corrected chi connectivity index (χ2v) is 9.67. The quantitative estimate of drug-likeness (QED) is 0.149. The van der Waals surface area contributed by atoms with Crippen molar-refractivity contribution in [2.75, 3.05) is 32.8 Å². The lowest BCUT2D eigenvalue weighted by atomic mass is 10.0. The van der Waals surface area contributed by atoms with Crippen molar-refractivity contribution in [2.24, 2.45) is 0 Å². The van der Waals surface area contributed by atoms with E-state index in [-0.39, 0.29) is 45.7 Å². The van der Waals surface area contributed by atoms with Gasteiger partial charge in [-0.1, -0.05) is 42.5 Å². The maximum atomic E-state index is 13.7. The van der Waals surface area contributed by atoms with E-state index < -0.39 is 49.0 Å². The number of hydrogen-bond donors (Lipinski definition) is 2. The Kier molecular flexibility index (Phi) is 13.5. The van der Waals surface area contributed by atoms with Gasteiger partial charge in [0.25, 0.3) is 0 Å². The lowest BCUT2D eigenvalue weighted by Gasteiger charge is -2.28. The molecule has 0 aliphatic heterocycles. The molecule has 7 nitrogen and oxygen atoms in total. The number of carbonyl (C=O) groups is 2. The lowest BCUT2D eigenvalue weighted by molar-refractivity contribution is -0.355. The number of benzene rings is 2. The minimum absolute atomic E-state index is 0.0422. The van der Waals surface area contributed by atoms with Crippen LogP contribution in [0.3, 0.4) is 0 Å². The van der Waals surface area contributed by atoms with Crippen LogP contribution in [0.5, 0.6) is 5.75 Å². The summed E-state index contributed by atoms with van der Waals surface area (Å²) in [6.07, 6.45) is -9.42. The predicted octanol–water partition coefficient (Wildman–Crippen LogP) is 6.36. The number of nitrogens with zero attached hydrogens (tertiary/aromatic N) is 1. The first-order valence-corrected chi connectivity index (χ1v) is 13.6. The van der Waals surface area contributed by atoms with Gasteiger partial charge in [0.1, 0.15) is 12.4 Å². The van der Waals surface area contributed by atoms with Gasteiger partial charge >= 0.3 is 30.0 Å². The van der Waals surface area contributed by atoms with Gasteiger partial charge in [0.2, 0.25) is 0 Å². The van der Waals surface area contributed by atoms with Gasteiger partial charge in [-0.15, -0.1) is 0 Å². The molecular weight excluding hydrogens is 589 g/mol. The highest BCUT2D eigenvalue weighted by molar-refractivity contribution is 5.74. The maximum Gasteiger partial charge on any atom is 0.459 e. The summed E-state index contributed by atoms with van der Waals surface area (Å²) < 4.78 is 102. The molecule has 14 heteroatoms. The third-order valence-corrected chi connectivity index (χ3v) is 6.42. The van der Waals surface area contributed by atoms with E-state index in [0.717, 1.165) is 5.56 Å². The third-order valence-electron chi connectivity index (χ3n) is 6.42. The van der Waals surface area contributed by atoms with Crippen LogP contribution in [0.2, 0.25) is 0 Å². The molecule has 0 heterocycles. The maximum absolute atomic E-state index is 13.7. The van der Waals surface area contributed by atoms with E-state index >= 15 is 0 Å². The number of ether oxygens (including phenoxy) is 2. The molecule has 0 aliphatic rings. The fourth-order valence-corrected chi connectivity index (χ4v) is 4.03. The van der Waals surface area contributed by atoms with Crippen LogP contribution in [-0.4, -0.2) is 79.0 Å². The molecule has 2 aromatic carbocycles. The molecule has 0 saturated carbocycles. The smallest absolute Gasteiger partial charge is 0.459 e. The molecule has 2 rings (SSSR count). The molecule has 0 aromatic heterocycles. The number of urea groups is 1. The Bertz CT molecular complexity index is 1130. The number of rotatable bonds is 18. The molecule has 0 aliphatic carbocycles. The van der Waals surface area contributed by atoms with Crippen LogP contribution in [-0.2, 0) is 22.4 Å². The summed E-state index contributed by atoms with van der Waals surface area (Å²) >= 11 is 0. The lowest BCUT2D eigenvalue weighted by Crippen LogP contribution is -2.51. The van der Waals surface area contributed by atoms with Gasteiger partial charge in [-0.2, -0.15) is 30.7 Å². The number of carbonyl (C=O) groups excluding carboxylic acids is 1. The van der Waals surface area contributed by atoms with Crippen molar-refractivity contribution >= 4 is 12.0 Å². The summed E-state index contributed by atoms with van der Waals surface area (Å²) in [5.74, 6) is -12.2. The number of unbranched alkanes of at least 4 members (excludes halogenated alkanes) is 1. The van der Waals surface area contributed by atoms with E-state index in [0.29, 0.717) is 17.7 Å². The Balaban J connectivity index is 1.95. The molecule has 0 fully saturated rings. The first-order valence-electron chi connectivity index (χ1n) is 13.6. The zero-order valence-corrected chi connectivity index (χ0v) is 23.5. The van der Waals surface area contributed by atoms with Crippen LogP contribution in [0.1, 0.15) is 37.3 Å². The Morgan fingerprint density at radius 3 is 2.14 bits per heavy atom. The first-order chi connectivity index (χ1) is 20.2. The SMILES string of the molecule is CCOC(Cc1ccc(OCCN(CCCCC(F)(F)C(F)(F)C(F)(F)F)C(=O)NCCc2ccccc2)cc1)C(=O)O. The van der Waals surface area contributed by atoms with Gasteiger partial charge < -0.3 is 24.8 Å². The first kappa shape index (κ1) is 35.6. The van der Waals surface area contributed by atoms with Gasteiger partial charge in [-0.05, 0) is 49.4 Å². The average Bonchev–Trinajstić information content (AvgIpc) is 2.94. The van der Waals surface area contributed by atoms with Gasteiger partial charge in [0, 0.05) is 32.5 Å². The summed E-state index contributed by atoms with van der Waals surface area (Å²) in [5, 5.41) is 11.9. The van der Waals surface area contributed by atoms with Crippen LogP contribution >= 0.6 is 0 Å². The van der Waals surface area contributed by atoms with E-state index in [1.165, 1.54) is 4.90 Å². The van der Waals surface area contributed by atoms with Crippen molar-refractivity contribution in [1.82, 2.24) is 10.2 Å². The van der Waals surface area contributed by atoms with Crippen molar-refractivity contribution in [1.29, 1.82) is 0 Å². The molecule has 1 unspecified atom stereocenters. The summed E-state index contributed by atoms with van der Waals surface area (Å²) in [5.41, 5.74) is 1.63. The molecule has 0 spiro atoms. The van der Waals surface area contributed by atoms with Gasteiger partial charge in [0.05, 0.1) is 6.54 Å². The molecule has 43 heavy (non-hydrogen) atoms. The summed E-state index contributed by atoms with van der Waals surface area (Å²) in [7, 11) is 0. The molecule has 240 valence electrons. The Morgan fingerprint density at radius 1 is 0.907 bits per heavy atom. The Labute approximate surface area is 245 Å². The van der Waals surface area contributed by atoms with E-state index in [9.17, 15) is 45.4 Å². The monoisotopic (exact) mass is 624 g/mol. The van der Waals surface area contributed by atoms with Crippen LogP contribution in [0.4, 0.5) is 35.5 Å². The normalized spacial score (nSPS) is 12.9. The minimum atomic E-state index is -6.39. The number of hydrogen-bond acceptors (Lipinski definition) is 4. The van der Waals surface area contributed by atoms with Crippen LogP contribution in [0.25, 0.3) is 0 Å². The standard InChI is InChI=1S/C29H35F7N2O5/c1-2-42-24(25(39)40)20-22-10-12-23(13-11-22)43-19-18-38(26(41)37-16-14-21-8-4-3-5-9-21)17-7-6-15-27(30,31)28(32,33)29(34,35)36/h3-5,8-13,24H,2,6-7,14-20H2,1H3,(H,37,41)(H,39,40). The summed E-state index contributed by atoms with van der Waals surface area (Å²) in [6.45, 7) is 1.86. The van der Waals surface area contributed by atoms with Crippen LogP contribution < -0.4 is 10.1 Å². The molecule has 2 aromatic rings. The number of aliphatic carboxylic acids is 1. The van der Waals surface area contributed by atoms with Crippen molar-refractivity contribution in [3.8, 4) is 5.75 Å². The van der Waals surface area contributed by atoms with Crippen molar-refractivity contribution < 1.29 is 54.9 Å². The Hall–Kier alpha value is -3.55. The molecular formula is C29H35F7N2O5. The highest BCUT2D eigenvalue weighted by Crippen LogP contribution is 2.48. The number of alkyl halides is 7. The van der Waals surface area contributed by atoms with Gasteiger partial charge in [-0.25, -0.2) is 9.59 Å². The largest absolute Gasteiger partial charge is 0.492 e. The topological polar surface area (TPSA) is 88.1 Å². The number of halogens is 7. The number of carboxylic acid groups (broad SMARTS) is 1. The van der Waals surface area contributed by atoms with Crippen molar-refractivity contribution in [3.05, 3.63) is 65.7 Å². The van der Waals surface area contributed by atoms with E-state index in [1.807, 2.05) is 30.3 Å². The van der Waals surface area contributed by atoms with Crippen molar-refractivity contribution in [3.63, 3.8) is 0 Å². The van der Waals surface area contributed by atoms with E-state index in [2.05, 4.69) is 5.32 Å². The second-order valence-electron chi connectivity index (χ2n) is 9.67. The highest BCUT2D eigenvalue weighted by atomic mass is 19.4. The molecule has 2 N–H and O–H groups in total. The summed E-state index contributed by atoms with van der Waals surface area (Å²) in [4.78, 5) is 25.3. The molecule has 0 bridgehead atoms. The molecule has 1 atom stereocenters. The van der Waals surface area contributed by atoms with Crippen LogP contribution in [0.15, 0.2) is 54.6 Å². The van der Waals surface area contributed by atoms with Gasteiger partial charge in [-0.3, -0.25) is 0 Å². The average molecular weight is 625 g/mol. The summed E-state index contributed by atoms with van der Waals surface area (Å²) in [6, 6.07) is 15.1. The van der Waals surface area contributed by atoms with E-state index in [4.69, 9.17) is 9.47 Å². The minimum Gasteiger partial charge on any atom is -0.492 e. The predicted molar refractivity (Wildman–Crippen MR) is 144 cm³/mol. The number of carboxylic acids is 1. The second kappa shape index (κ2) is 16.3. The Morgan fingerprint density at radius 2 is 1.56 bits per heavy atom. The van der Waals surface area contributed by atoms with Crippen LogP contribution in [0, 0.1) is 0 Å². The number of amides is 2. The molecule has 0 radical (unpaired) electrons. The fourth-order valence-electron chi connectivity index (χ4n) is 4.03. The third kappa shape index (κ3) is 11.2. The van der Waals surface area contributed by atoms with Crippen molar-refractivity contribution in [2.45, 2.75) is 63.2 Å². The molecule has 0 saturated heterocycles. The van der Waals surface area contributed by atoms with E-state index in [1.54, 1.807) is 31.2 Å².